The van der Waals surface area contributed by atoms with E-state index >= 15 is 0 Å². The van der Waals surface area contributed by atoms with Gasteiger partial charge in [-0.25, -0.2) is 4.98 Å². The van der Waals surface area contributed by atoms with Crippen molar-refractivity contribution >= 4 is 17.5 Å². The third kappa shape index (κ3) is 2.99. The lowest BCUT2D eigenvalue weighted by atomic mass is 9.89. The van der Waals surface area contributed by atoms with E-state index in [9.17, 15) is 9.59 Å². The number of nitrogens with zero attached hydrogens (tertiary/aromatic N) is 4. The standard InChI is InChI=1S/C23H24N4O2/c1-2-21(28)27-14-18-13-26(15-19(18)22(27)16-6-4-3-5-7-16)23(29)17-8-9-20-24-10-11-25(20)12-17/h3-12,18-19,22H,2,13-15H2,1H3/t18-,19-,22-/m0/s1. The molecule has 0 bridgehead atoms. The second-order valence-corrected chi connectivity index (χ2v) is 8.00. The average Bonchev–Trinajstić information content (AvgIpc) is 3.46. The molecule has 0 saturated carbocycles. The molecular weight excluding hydrogens is 364 g/mol. The molecular formula is C23H24N4O2. The number of rotatable bonds is 3. The first kappa shape index (κ1) is 17.9. The van der Waals surface area contributed by atoms with E-state index in [-0.39, 0.29) is 23.8 Å². The smallest absolute Gasteiger partial charge is 0.255 e. The Hall–Kier alpha value is -3.15. The van der Waals surface area contributed by atoms with Crippen LogP contribution >= 0.6 is 0 Å². The summed E-state index contributed by atoms with van der Waals surface area (Å²) in [5.74, 6) is 0.831. The molecule has 2 amide bonds. The topological polar surface area (TPSA) is 57.9 Å². The molecule has 4 heterocycles. The van der Waals surface area contributed by atoms with Gasteiger partial charge in [-0.2, -0.15) is 0 Å². The summed E-state index contributed by atoms with van der Waals surface area (Å²) in [4.78, 5) is 34.0. The van der Waals surface area contributed by atoms with Gasteiger partial charge >= 0.3 is 0 Å². The lowest BCUT2D eigenvalue weighted by molar-refractivity contribution is -0.132. The zero-order valence-electron chi connectivity index (χ0n) is 16.4. The van der Waals surface area contributed by atoms with Crippen LogP contribution in [0.3, 0.4) is 0 Å². The Kier molecular flexibility index (Phi) is 4.34. The van der Waals surface area contributed by atoms with Gasteiger partial charge in [0.05, 0.1) is 11.6 Å². The van der Waals surface area contributed by atoms with Gasteiger partial charge in [0.2, 0.25) is 5.91 Å². The summed E-state index contributed by atoms with van der Waals surface area (Å²) < 4.78 is 1.87. The van der Waals surface area contributed by atoms with Crippen molar-refractivity contribution in [3.8, 4) is 0 Å². The highest BCUT2D eigenvalue weighted by Gasteiger charge is 2.49. The van der Waals surface area contributed by atoms with Gasteiger partial charge in [-0.05, 0) is 17.7 Å². The first-order valence-electron chi connectivity index (χ1n) is 10.2. The summed E-state index contributed by atoms with van der Waals surface area (Å²) in [6, 6.07) is 14.0. The van der Waals surface area contributed by atoms with Gasteiger partial charge in [0.15, 0.2) is 0 Å². The normalized spacial score (nSPS) is 23.6. The van der Waals surface area contributed by atoms with Crippen LogP contribution in [0.25, 0.3) is 5.65 Å². The maximum Gasteiger partial charge on any atom is 0.255 e. The lowest BCUT2D eigenvalue weighted by Gasteiger charge is -2.30. The highest BCUT2D eigenvalue weighted by Crippen LogP contribution is 2.45. The molecule has 0 spiro atoms. The van der Waals surface area contributed by atoms with Gasteiger partial charge < -0.3 is 14.2 Å². The molecule has 3 aromatic rings. The van der Waals surface area contributed by atoms with E-state index < -0.39 is 0 Å². The number of hydrogen-bond acceptors (Lipinski definition) is 3. The summed E-state index contributed by atoms with van der Waals surface area (Å²) in [6.07, 6.45) is 5.94. The fraction of sp³-hybridized carbons (Fsp3) is 0.348. The second-order valence-electron chi connectivity index (χ2n) is 8.00. The van der Waals surface area contributed by atoms with Crippen LogP contribution in [0, 0.1) is 11.8 Å². The summed E-state index contributed by atoms with van der Waals surface area (Å²) in [6.45, 7) is 4.02. The third-order valence-corrected chi connectivity index (χ3v) is 6.35. The van der Waals surface area contributed by atoms with Gasteiger partial charge in [-0.1, -0.05) is 37.3 Å². The van der Waals surface area contributed by atoms with Gasteiger partial charge in [-0.3, -0.25) is 9.59 Å². The zero-order valence-corrected chi connectivity index (χ0v) is 16.4. The minimum Gasteiger partial charge on any atom is -0.338 e. The third-order valence-electron chi connectivity index (χ3n) is 6.35. The van der Waals surface area contributed by atoms with E-state index in [0.29, 0.717) is 31.0 Å². The summed E-state index contributed by atoms with van der Waals surface area (Å²) >= 11 is 0. The quantitative estimate of drug-likeness (QED) is 0.693. The molecule has 29 heavy (non-hydrogen) atoms. The van der Waals surface area contributed by atoms with Crippen molar-refractivity contribution in [3.63, 3.8) is 0 Å². The van der Waals surface area contributed by atoms with E-state index in [0.717, 1.165) is 17.8 Å². The largest absolute Gasteiger partial charge is 0.338 e. The molecule has 2 saturated heterocycles. The highest BCUT2D eigenvalue weighted by molar-refractivity contribution is 5.94. The number of hydrogen-bond donors (Lipinski definition) is 0. The number of amides is 2. The van der Waals surface area contributed by atoms with Gasteiger partial charge in [0.25, 0.3) is 5.91 Å². The highest BCUT2D eigenvalue weighted by atomic mass is 16.2. The monoisotopic (exact) mass is 388 g/mol. The molecule has 148 valence electrons. The van der Waals surface area contributed by atoms with E-state index in [1.807, 2.05) is 63.8 Å². The summed E-state index contributed by atoms with van der Waals surface area (Å²) in [7, 11) is 0. The second kappa shape index (κ2) is 7.03. The van der Waals surface area contributed by atoms with Gasteiger partial charge in [0, 0.05) is 56.5 Å². The van der Waals surface area contributed by atoms with E-state index in [4.69, 9.17) is 0 Å². The molecule has 6 heteroatoms. The zero-order chi connectivity index (χ0) is 20.0. The molecule has 2 aromatic heterocycles. The van der Waals surface area contributed by atoms with Crippen LogP contribution < -0.4 is 0 Å². The molecule has 0 aliphatic carbocycles. The molecule has 0 unspecified atom stereocenters. The molecule has 2 aliphatic heterocycles. The first-order valence-corrected chi connectivity index (χ1v) is 10.2. The van der Waals surface area contributed by atoms with Crippen molar-refractivity contribution in [3.05, 3.63) is 72.2 Å². The summed E-state index contributed by atoms with van der Waals surface area (Å²) in [5, 5.41) is 0. The van der Waals surface area contributed by atoms with Crippen LogP contribution in [0.1, 0.15) is 35.3 Å². The average molecular weight is 388 g/mol. The SMILES string of the molecule is CCC(=O)N1C[C@@H]2CN(C(=O)c3ccc4nccn4c3)C[C@@H]2[C@@H]1c1ccccc1. The first-order chi connectivity index (χ1) is 14.2. The van der Waals surface area contributed by atoms with Crippen molar-refractivity contribution in [2.75, 3.05) is 19.6 Å². The lowest BCUT2D eigenvalue weighted by Crippen LogP contribution is -2.37. The van der Waals surface area contributed by atoms with E-state index in [1.54, 1.807) is 6.20 Å². The number of carbonyl (C=O) groups excluding carboxylic acids is 2. The minimum atomic E-state index is 0.0441. The molecule has 6 nitrogen and oxygen atoms in total. The molecule has 3 atom stereocenters. The van der Waals surface area contributed by atoms with Crippen molar-refractivity contribution in [2.24, 2.45) is 11.8 Å². The van der Waals surface area contributed by atoms with Crippen molar-refractivity contribution < 1.29 is 9.59 Å². The molecule has 0 N–H and O–H groups in total. The number of imidazole rings is 1. The predicted molar refractivity (Wildman–Crippen MR) is 109 cm³/mol. The fourth-order valence-electron chi connectivity index (χ4n) is 4.98. The van der Waals surface area contributed by atoms with Crippen LogP contribution in [-0.4, -0.2) is 50.6 Å². The van der Waals surface area contributed by atoms with Crippen LogP contribution in [0.5, 0.6) is 0 Å². The van der Waals surface area contributed by atoms with Crippen LogP contribution in [0.15, 0.2) is 61.1 Å². The van der Waals surface area contributed by atoms with Gasteiger partial charge in [0.1, 0.15) is 5.65 Å². The minimum absolute atomic E-state index is 0.0441. The van der Waals surface area contributed by atoms with E-state index in [2.05, 4.69) is 17.1 Å². The van der Waals surface area contributed by atoms with Crippen molar-refractivity contribution in [1.29, 1.82) is 0 Å². The van der Waals surface area contributed by atoms with Crippen LogP contribution in [0.2, 0.25) is 0 Å². The molecule has 0 radical (unpaired) electrons. The Morgan fingerprint density at radius 1 is 1.07 bits per heavy atom. The fourth-order valence-corrected chi connectivity index (χ4v) is 4.98. The van der Waals surface area contributed by atoms with Gasteiger partial charge in [-0.15, -0.1) is 0 Å². The van der Waals surface area contributed by atoms with Crippen LogP contribution in [0.4, 0.5) is 0 Å². The Labute approximate surface area is 169 Å². The number of likely N-dealkylation sites (tertiary alicyclic amines) is 2. The Morgan fingerprint density at radius 3 is 2.69 bits per heavy atom. The van der Waals surface area contributed by atoms with Crippen molar-refractivity contribution in [2.45, 2.75) is 19.4 Å². The number of pyridine rings is 1. The predicted octanol–water partition coefficient (Wildman–Crippen LogP) is 3.02. The number of fused-ring (bicyclic) bond motifs is 2. The molecule has 5 rings (SSSR count). The number of benzene rings is 1. The van der Waals surface area contributed by atoms with Crippen LogP contribution in [-0.2, 0) is 4.79 Å². The number of carbonyl (C=O) groups is 2. The maximum atomic E-state index is 13.2. The molecule has 2 aliphatic rings. The number of aromatic nitrogens is 2. The van der Waals surface area contributed by atoms with Crippen molar-refractivity contribution in [1.82, 2.24) is 19.2 Å². The maximum absolute atomic E-state index is 13.2. The summed E-state index contributed by atoms with van der Waals surface area (Å²) in [5.41, 5.74) is 2.67. The Balaban J connectivity index is 1.41. The molecule has 2 fully saturated rings. The molecule has 1 aromatic carbocycles. The Morgan fingerprint density at radius 2 is 1.90 bits per heavy atom. The Bertz CT molecular complexity index is 1060. The van der Waals surface area contributed by atoms with E-state index in [1.165, 1.54) is 0 Å².